The second-order valence-corrected chi connectivity index (χ2v) is 5.86. The zero-order valence-electron chi connectivity index (χ0n) is 13.2. The Morgan fingerprint density at radius 1 is 1.38 bits per heavy atom. The first-order chi connectivity index (χ1) is 11.4. The normalized spacial score (nSPS) is 19.1. The molecule has 5 nitrogen and oxygen atoms in total. The number of hydrogen-bond acceptors (Lipinski definition) is 4. The summed E-state index contributed by atoms with van der Waals surface area (Å²) in [4.78, 5) is 13.9. The Bertz CT molecular complexity index is 552. The Labute approximate surface area is 138 Å². The van der Waals surface area contributed by atoms with Crippen LogP contribution in [0, 0.1) is 5.92 Å². The lowest BCUT2D eigenvalue weighted by Gasteiger charge is -2.31. The highest BCUT2D eigenvalue weighted by atomic mass is 19.4. The van der Waals surface area contributed by atoms with Gasteiger partial charge in [-0.15, -0.1) is 13.2 Å². The SMILES string of the molecule is O=C(CN1CCC[C@@H](CO)C1)NCc1ccccc1OC(F)(F)F. The maximum absolute atomic E-state index is 12.4. The van der Waals surface area contributed by atoms with Crippen molar-refractivity contribution in [1.82, 2.24) is 10.2 Å². The van der Waals surface area contributed by atoms with Gasteiger partial charge in [0.05, 0.1) is 6.54 Å². The van der Waals surface area contributed by atoms with Crippen LogP contribution in [0.4, 0.5) is 13.2 Å². The number of nitrogens with one attached hydrogen (secondary N) is 1. The largest absolute Gasteiger partial charge is 0.573 e. The summed E-state index contributed by atoms with van der Waals surface area (Å²) < 4.78 is 41.0. The molecule has 0 saturated carbocycles. The van der Waals surface area contributed by atoms with E-state index in [0.717, 1.165) is 19.4 Å². The van der Waals surface area contributed by atoms with Crippen LogP contribution in [0.3, 0.4) is 0 Å². The van der Waals surface area contributed by atoms with Gasteiger partial charge in [-0.3, -0.25) is 9.69 Å². The number of para-hydroxylation sites is 1. The average molecular weight is 346 g/mol. The Kier molecular flexibility index (Phi) is 6.44. The molecule has 2 rings (SSSR count). The van der Waals surface area contributed by atoms with E-state index >= 15 is 0 Å². The van der Waals surface area contributed by atoms with Crippen LogP contribution in [0.2, 0.25) is 0 Å². The number of halogens is 3. The van der Waals surface area contributed by atoms with Crippen LogP contribution in [0.25, 0.3) is 0 Å². The van der Waals surface area contributed by atoms with Crippen LogP contribution in [0.15, 0.2) is 24.3 Å². The van der Waals surface area contributed by atoms with Gasteiger partial charge in [0.2, 0.25) is 5.91 Å². The number of rotatable bonds is 6. The third kappa shape index (κ3) is 6.01. The number of alkyl halides is 3. The van der Waals surface area contributed by atoms with E-state index < -0.39 is 6.36 Å². The quantitative estimate of drug-likeness (QED) is 0.826. The van der Waals surface area contributed by atoms with Crippen molar-refractivity contribution in [3.8, 4) is 5.75 Å². The predicted molar refractivity (Wildman–Crippen MR) is 81.2 cm³/mol. The molecule has 1 aliphatic heterocycles. The number of aliphatic hydroxyl groups is 1. The second-order valence-electron chi connectivity index (χ2n) is 5.86. The molecule has 1 amide bonds. The summed E-state index contributed by atoms with van der Waals surface area (Å²) in [5, 5.41) is 11.8. The molecule has 0 radical (unpaired) electrons. The van der Waals surface area contributed by atoms with E-state index in [2.05, 4.69) is 10.1 Å². The van der Waals surface area contributed by atoms with Gasteiger partial charge in [-0.2, -0.15) is 0 Å². The number of piperidine rings is 1. The second kappa shape index (κ2) is 8.34. The van der Waals surface area contributed by atoms with Crippen LogP contribution >= 0.6 is 0 Å². The number of likely N-dealkylation sites (tertiary alicyclic amines) is 1. The van der Waals surface area contributed by atoms with Gasteiger partial charge in [0.15, 0.2) is 0 Å². The van der Waals surface area contributed by atoms with Crippen molar-refractivity contribution < 1.29 is 27.8 Å². The monoisotopic (exact) mass is 346 g/mol. The minimum Gasteiger partial charge on any atom is -0.405 e. The molecule has 0 spiro atoms. The molecule has 1 aliphatic rings. The Morgan fingerprint density at radius 2 is 2.12 bits per heavy atom. The van der Waals surface area contributed by atoms with Crippen LogP contribution in [-0.4, -0.2) is 48.5 Å². The van der Waals surface area contributed by atoms with E-state index in [1.165, 1.54) is 18.2 Å². The maximum atomic E-state index is 12.4. The van der Waals surface area contributed by atoms with E-state index in [-0.39, 0.29) is 42.8 Å². The number of nitrogens with zero attached hydrogens (tertiary/aromatic N) is 1. The third-order valence-corrected chi connectivity index (χ3v) is 3.90. The smallest absolute Gasteiger partial charge is 0.405 e. The highest BCUT2D eigenvalue weighted by Crippen LogP contribution is 2.26. The van der Waals surface area contributed by atoms with Crippen molar-refractivity contribution in [3.05, 3.63) is 29.8 Å². The summed E-state index contributed by atoms with van der Waals surface area (Å²) in [6, 6.07) is 5.71. The van der Waals surface area contributed by atoms with E-state index in [4.69, 9.17) is 0 Å². The molecule has 2 N–H and O–H groups in total. The molecule has 0 aliphatic carbocycles. The molecule has 8 heteroatoms. The van der Waals surface area contributed by atoms with E-state index in [1.807, 2.05) is 4.90 Å². The summed E-state index contributed by atoms with van der Waals surface area (Å²) in [6.45, 7) is 1.65. The molecule has 1 fully saturated rings. The summed E-state index contributed by atoms with van der Waals surface area (Å²) in [5.74, 6) is -0.411. The zero-order chi connectivity index (χ0) is 17.6. The molecular weight excluding hydrogens is 325 g/mol. The molecule has 1 atom stereocenters. The van der Waals surface area contributed by atoms with Crippen molar-refractivity contribution in [1.29, 1.82) is 0 Å². The van der Waals surface area contributed by atoms with Crippen molar-refractivity contribution >= 4 is 5.91 Å². The first kappa shape index (κ1) is 18.5. The minimum atomic E-state index is -4.77. The first-order valence-electron chi connectivity index (χ1n) is 7.81. The molecule has 1 heterocycles. The van der Waals surface area contributed by atoms with Crippen LogP contribution in [-0.2, 0) is 11.3 Å². The molecule has 0 bridgehead atoms. The molecule has 1 aromatic rings. The lowest BCUT2D eigenvalue weighted by atomic mass is 9.99. The summed E-state index contributed by atoms with van der Waals surface area (Å²) in [5.41, 5.74) is 0.259. The topological polar surface area (TPSA) is 61.8 Å². The van der Waals surface area contributed by atoms with Gasteiger partial charge in [0, 0.05) is 25.3 Å². The summed E-state index contributed by atoms with van der Waals surface area (Å²) in [6.07, 6.45) is -2.91. The number of carbonyl (C=O) groups is 1. The van der Waals surface area contributed by atoms with Gasteiger partial charge in [-0.1, -0.05) is 18.2 Å². The highest BCUT2D eigenvalue weighted by Gasteiger charge is 2.32. The fourth-order valence-electron chi connectivity index (χ4n) is 2.77. The molecule has 134 valence electrons. The van der Waals surface area contributed by atoms with E-state index in [1.54, 1.807) is 6.07 Å². The number of hydrogen-bond donors (Lipinski definition) is 2. The molecule has 0 unspecified atom stereocenters. The summed E-state index contributed by atoms with van der Waals surface area (Å²) >= 11 is 0. The van der Waals surface area contributed by atoms with Gasteiger partial charge in [-0.05, 0) is 31.4 Å². The number of ether oxygens (including phenoxy) is 1. The van der Waals surface area contributed by atoms with E-state index in [0.29, 0.717) is 6.54 Å². The van der Waals surface area contributed by atoms with Gasteiger partial charge in [0.25, 0.3) is 0 Å². The number of amides is 1. The number of benzene rings is 1. The Hall–Kier alpha value is -1.80. The molecule has 24 heavy (non-hydrogen) atoms. The van der Waals surface area contributed by atoms with Gasteiger partial charge in [-0.25, -0.2) is 0 Å². The van der Waals surface area contributed by atoms with Gasteiger partial charge in [0.1, 0.15) is 5.75 Å². The average Bonchev–Trinajstić information content (AvgIpc) is 2.53. The molecule has 1 aromatic carbocycles. The summed E-state index contributed by atoms with van der Waals surface area (Å²) in [7, 11) is 0. The Morgan fingerprint density at radius 3 is 2.83 bits per heavy atom. The fourth-order valence-corrected chi connectivity index (χ4v) is 2.77. The minimum absolute atomic E-state index is 0.0393. The lowest BCUT2D eigenvalue weighted by Crippen LogP contribution is -2.43. The van der Waals surface area contributed by atoms with Crippen molar-refractivity contribution in [3.63, 3.8) is 0 Å². The lowest BCUT2D eigenvalue weighted by molar-refractivity contribution is -0.274. The molecular formula is C16H21F3N2O3. The standard InChI is InChI=1S/C16H21F3N2O3/c17-16(18,19)24-14-6-2-1-5-13(14)8-20-15(23)10-21-7-3-4-12(9-21)11-22/h1-2,5-6,12,22H,3-4,7-11H2,(H,20,23)/t12-/m1/s1. The zero-order valence-corrected chi connectivity index (χ0v) is 13.2. The molecule has 1 saturated heterocycles. The van der Waals surface area contributed by atoms with Crippen LogP contribution in [0.1, 0.15) is 18.4 Å². The third-order valence-electron chi connectivity index (χ3n) is 3.90. The number of carbonyl (C=O) groups excluding carboxylic acids is 1. The van der Waals surface area contributed by atoms with Gasteiger partial charge >= 0.3 is 6.36 Å². The van der Waals surface area contributed by atoms with Crippen LogP contribution in [0.5, 0.6) is 5.75 Å². The highest BCUT2D eigenvalue weighted by molar-refractivity contribution is 5.78. The predicted octanol–water partition coefficient (Wildman–Crippen LogP) is 1.91. The van der Waals surface area contributed by atoms with Crippen molar-refractivity contribution in [2.45, 2.75) is 25.7 Å². The number of aliphatic hydroxyl groups excluding tert-OH is 1. The van der Waals surface area contributed by atoms with Crippen molar-refractivity contribution in [2.75, 3.05) is 26.2 Å². The van der Waals surface area contributed by atoms with E-state index in [9.17, 15) is 23.1 Å². The first-order valence-corrected chi connectivity index (χ1v) is 7.81. The Balaban J connectivity index is 1.85. The van der Waals surface area contributed by atoms with Gasteiger partial charge < -0.3 is 15.2 Å². The van der Waals surface area contributed by atoms with Crippen molar-refractivity contribution in [2.24, 2.45) is 5.92 Å². The van der Waals surface area contributed by atoms with Crippen LogP contribution < -0.4 is 10.1 Å². The maximum Gasteiger partial charge on any atom is 0.573 e. The fraction of sp³-hybridized carbons (Fsp3) is 0.562. The molecule has 0 aromatic heterocycles.